The summed E-state index contributed by atoms with van der Waals surface area (Å²) in [5.41, 5.74) is 1.69. The molecule has 0 bridgehead atoms. The van der Waals surface area contributed by atoms with Gasteiger partial charge >= 0.3 is 12.0 Å². The molecule has 0 aromatic carbocycles. The molecule has 7 heteroatoms. The van der Waals surface area contributed by atoms with Gasteiger partial charge in [-0.25, -0.2) is 9.78 Å². The number of aryl methyl sites for hydroxylation is 1. The molecule has 2 saturated heterocycles. The molecule has 3 rings (SSSR count). The van der Waals surface area contributed by atoms with E-state index in [1.807, 2.05) is 13.0 Å². The van der Waals surface area contributed by atoms with Crippen molar-refractivity contribution in [3.8, 4) is 0 Å². The summed E-state index contributed by atoms with van der Waals surface area (Å²) in [5.74, 6) is -0.323. The number of nitrogens with one attached hydrogen (secondary N) is 1. The summed E-state index contributed by atoms with van der Waals surface area (Å²) < 4.78 is 0. The van der Waals surface area contributed by atoms with Gasteiger partial charge in [-0.2, -0.15) is 0 Å². The Morgan fingerprint density at radius 3 is 2.73 bits per heavy atom. The number of carbonyl (C=O) groups is 2. The SMILES string of the molecule is Cc1cc(NC(=O)N2CCCC(C(=O)O)C2)cnc1N1CCCCC1C. The molecule has 2 fully saturated rings. The molecule has 2 N–H and O–H groups in total. The van der Waals surface area contributed by atoms with Gasteiger partial charge < -0.3 is 20.2 Å². The molecule has 2 unspecified atom stereocenters. The molecule has 7 nitrogen and oxygen atoms in total. The summed E-state index contributed by atoms with van der Waals surface area (Å²) in [6.45, 7) is 6.11. The highest BCUT2D eigenvalue weighted by molar-refractivity contribution is 5.90. The summed E-state index contributed by atoms with van der Waals surface area (Å²) in [7, 11) is 0. The summed E-state index contributed by atoms with van der Waals surface area (Å²) in [6, 6.07) is 2.17. The second kappa shape index (κ2) is 7.93. The van der Waals surface area contributed by atoms with Crippen LogP contribution in [0.4, 0.5) is 16.3 Å². The number of rotatable bonds is 3. The monoisotopic (exact) mass is 360 g/mol. The lowest BCUT2D eigenvalue weighted by Gasteiger charge is -2.35. The molecule has 1 aromatic heterocycles. The first-order valence-electron chi connectivity index (χ1n) is 9.47. The number of hydrogen-bond acceptors (Lipinski definition) is 4. The molecule has 0 spiro atoms. The fraction of sp³-hybridized carbons (Fsp3) is 0.632. The number of piperidine rings is 2. The number of nitrogens with zero attached hydrogens (tertiary/aromatic N) is 3. The van der Waals surface area contributed by atoms with Crippen molar-refractivity contribution >= 4 is 23.5 Å². The van der Waals surface area contributed by atoms with Gasteiger partial charge in [0.25, 0.3) is 0 Å². The number of aromatic nitrogens is 1. The largest absolute Gasteiger partial charge is 0.481 e. The van der Waals surface area contributed by atoms with Gasteiger partial charge in [-0.1, -0.05) is 0 Å². The third-order valence-corrected chi connectivity index (χ3v) is 5.43. The number of anilines is 2. The van der Waals surface area contributed by atoms with Crippen molar-refractivity contribution in [3.05, 3.63) is 17.8 Å². The van der Waals surface area contributed by atoms with Crippen molar-refractivity contribution in [1.82, 2.24) is 9.88 Å². The summed E-state index contributed by atoms with van der Waals surface area (Å²) in [5, 5.41) is 12.0. The zero-order chi connectivity index (χ0) is 18.7. The smallest absolute Gasteiger partial charge is 0.321 e. The first-order valence-corrected chi connectivity index (χ1v) is 9.47. The van der Waals surface area contributed by atoms with E-state index in [1.165, 1.54) is 19.3 Å². The van der Waals surface area contributed by atoms with Crippen LogP contribution in [0.5, 0.6) is 0 Å². The minimum atomic E-state index is -0.833. The average molecular weight is 360 g/mol. The third-order valence-electron chi connectivity index (χ3n) is 5.43. The third kappa shape index (κ3) is 4.08. The molecule has 2 aliphatic heterocycles. The van der Waals surface area contributed by atoms with Crippen LogP contribution in [0.3, 0.4) is 0 Å². The van der Waals surface area contributed by atoms with Crippen molar-refractivity contribution in [2.45, 2.75) is 52.0 Å². The molecule has 0 radical (unpaired) electrons. The number of carbonyl (C=O) groups excluding carboxylic acids is 1. The fourth-order valence-corrected chi connectivity index (χ4v) is 3.92. The second-order valence-corrected chi connectivity index (χ2v) is 7.46. The van der Waals surface area contributed by atoms with Crippen LogP contribution in [-0.2, 0) is 4.79 Å². The molecule has 2 atom stereocenters. The zero-order valence-electron chi connectivity index (χ0n) is 15.6. The minimum Gasteiger partial charge on any atom is -0.481 e. The van der Waals surface area contributed by atoms with Crippen molar-refractivity contribution < 1.29 is 14.7 Å². The molecule has 0 aliphatic carbocycles. The van der Waals surface area contributed by atoms with Crippen LogP contribution in [0.1, 0.15) is 44.6 Å². The quantitative estimate of drug-likeness (QED) is 0.865. The predicted molar refractivity (Wildman–Crippen MR) is 101 cm³/mol. The maximum atomic E-state index is 12.5. The van der Waals surface area contributed by atoms with Gasteiger partial charge in [0.05, 0.1) is 17.8 Å². The normalized spacial score (nSPS) is 23.6. The van der Waals surface area contributed by atoms with E-state index in [2.05, 4.69) is 22.1 Å². The molecule has 0 saturated carbocycles. The lowest BCUT2D eigenvalue weighted by atomic mass is 9.99. The highest BCUT2D eigenvalue weighted by atomic mass is 16.4. The summed E-state index contributed by atoms with van der Waals surface area (Å²) in [6.07, 6.45) is 6.66. The van der Waals surface area contributed by atoms with Crippen LogP contribution >= 0.6 is 0 Å². The van der Waals surface area contributed by atoms with Gasteiger partial charge in [0, 0.05) is 25.7 Å². The maximum absolute atomic E-state index is 12.5. The highest BCUT2D eigenvalue weighted by Gasteiger charge is 2.28. The van der Waals surface area contributed by atoms with E-state index in [0.29, 0.717) is 31.1 Å². The van der Waals surface area contributed by atoms with Crippen LogP contribution in [0.15, 0.2) is 12.3 Å². The summed E-state index contributed by atoms with van der Waals surface area (Å²) >= 11 is 0. The first kappa shape index (κ1) is 18.5. The molecule has 142 valence electrons. The standard InChI is InChI=1S/C19H28N4O3/c1-13-10-16(11-20-17(13)23-9-4-3-6-14(23)2)21-19(26)22-8-5-7-15(12-22)18(24)25/h10-11,14-15H,3-9,12H2,1-2H3,(H,21,26)(H,24,25). The van der Waals surface area contributed by atoms with E-state index in [-0.39, 0.29) is 12.6 Å². The van der Waals surface area contributed by atoms with Crippen LogP contribution in [0, 0.1) is 12.8 Å². The lowest BCUT2D eigenvalue weighted by Crippen LogP contribution is -2.44. The Morgan fingerprint density at radius 2 is 2.04 bits per heavy atom. The fourth-order valence-electron chi connectivity index (χ4n) is 3.92. The Hall–Kier alpha value is -2.31. The average Bonchev–Trinajstić information content (AvgIpc) is 2.63. The molecular formula is C19H28N4O3. The number of amides is 2. The van der Waals surface area contributed by atoms with Gasteiger partial charge in [-0.05, 0) is 57.6 Å². The number of likely N-dealkylation sites (tertiary alicyclic amines) is 1. The number of urea groups is 1. The van der Waals surface area contributed by atoms with Crippen LogP contribution < -0.4 is 10.2 Å². The summed E-state index contributed by atoms with van der Waals surface area (Å²) in [4.78, 5) is 32.1. The maximum Gasteiger partial charge on any atom is 0.321 e. The van der Waals surface area contributed by atoms with Crippen molar-refractivity contribution in [2.75, 3.05) is 29.9 Å². The van der Waals surface area contributed by atoms with E-state index < -0.39 is 11.9 Å². The zero-order valence-corrected chi connectivity index (χ0v) is 15.6. The van der Waals surface area contributed by atoms with E-state index in [0.717, 1.165) is 17.9 Å². The number of pyridine rings is 1. The van der Waals surface area contributed by atoms with Gasteiger partial charge in [0.15, 0.2) is 0 Å². The van der Waals surface area contributed by atoms with E-state index in [9.17, 15) is 9.59 Å². The minimum absolute atomic E-state index is 0.253. The molecule has 2 aliphatic rings. The predicted octanol–water partition coefficient (Wildman–Crippen LogP) is 3.10. The molecule has 2 amide bonds. The van der Waals surface area contributed by atoms with Crippen molar-refractivity contribution in [3.63, 3.8) is 0 Å². The van der Waals surface area contributed by atoms with E-state index in [4.69, 9.17) is 5.11 Å². The Bertz CT molecular complexity index is 679. The van der Waals surface area contributed by atoms with Gasteiger partial charge in [-0.3, -0.25) is 4.79 Å². The van der Waals surface area contributed by atoms with Crippen LogP contribution in [0.25, 0.3) is 0 Å². The first-order chi connectivity index (χ1) is 12.5. The Labute approximate surface area is 154 Å². The van der Waals surface area contributed by atoms with Gasteiger partial charge in [0.2, 0.25) is 0 Å². The molecule has 1 aromatic rings. The van der Waals surface area contributed by atoms with Crippen molar-refractivity contribution in [2.24, 2.45) is 5.92 Å². The molecule has 26 heavy (non-hydrogen) atoms. The number of hydrogen-bond donors (Lipinski definition) is 2. The highest BCUT2D eigenvalue weighted by Crippen LogP contribution is 2.27. The molecular weight excluding hydrogens is 332 g/mol. The van der Waals surface area contributed by atoms with Gasteiger partial charge in [0.1, 0.15) is 5.82 Å². The number of carboxylic acid groups (broad SMARTS) is 1. The number of carboxylic acids is 1. The van der Waals surface area contributed by atoms with E-state index in [1.54, 1.807) is 11.1 Å². The van der Waals surface area contributed by atoms with Crippen molar-refractivity contribution in [1.29, 1.82) is 0 Å². The lowest BCUT2D eigenvalue weighted by molar-refractivity contribution is -0.143. The molecule has 3 heterocycles. The topological polar surface area (TPSA) is 85.8 Å². The van der Waals surface area contributed by atoms with Gasteiger partial charge in [-0.15, -0.1) is 0 Å². The second-order valence-electron chi connectivity index (χ2n) is 7.46. The Morgan fingerprint density at radius 1 is 1.23 bits per heavy atom. The number of aliphatic carboxylic acids is 1. The Balaban J connectivity index is 1.65. The van der Waals surface area contributed by atoms with E-state index >= 15 is 0 Å². The Kier molecular flexibility index (Phi) is 5.64. The van der Waals surface area contributed by atoms with Crippen LogP contribution in [-0.4, -0.2) is 52.7 Å². The van der Waals surface area contributed by atoms with Crippen LogP contribution in [0.2, 0.25) is 0 Å².